The van der Waals surface area contributed by atoms with Gasteiger partial charge in [-0.2, -0.15) is 0 Å². The molecule has 0 amide bonds. The molecule has 4 aromatic heterocycles. The number of hydrogen-bond donors (Lipinski definition) is 0. The number of benzene rings is 6. The Kier molecular flexibility index (Phi) is 8.31. The summed E-state index contributed by atoms with van der Waals surface area (Å²) in [5.41, 5.74) is 9.43. The third-order valence-electron chi connectivity index (χ3n) is 9.96. The molecule has 8 heteroatoms. The molecule has 0 aliphatic heterocycles. The van der Waals surface area contributed by atoms with Gasteiger partial charge in [0.2, 0.25) is 11.9 Å². The third-order valence-corrected chi connectivity index (χ3v) is 9.96. The van der Waals surface area contributed by atoms with Crippen LogP contribution in [0.2, 0.25) is 0 Å². The zero-order valence-electron chi connectivity index (χ0n) is 30.1. The molecule has 0 spiro atoms. The summed E-state index contributed by atoms with van der Waals surface area (Å²) >= 11 is 0. The van der Waals surface area contributed by atoms with Crippen molar-refractivity contribution in [2.24, 2.45) is 0 Å². The molecule has 0 fully saturated rings. The summed E-state index contributed by atoms with van der Waals surface area (Å²) < 4.78 is 0. The van der Waals surface area contributed by atoms with E-state index in [4.69, 9.17) is 29.9 Å². The van der Waals surface area contributed by atoms with E-state index >= 15 is 0 Å². The smallest absolute Gasteiger partial charge is 0.234 e. The van der Waals surface area contributed by atoms with Crippen LogP contribution in [0.5, 0.6) is 0 Å². The van der Waals surface area contributed by atoms with Crippen LogP contribution in [-0.4, -0.2) is 29.9 Å². The number of anilines is 6. The molecule has 0 saturated heterocycles. The number of fused-ring (bicyclic) bond motifs is 5. The monoisotopic (exact) mass is 720 g/mol. The average molecular weight is 721 g/mol. The van der Waals surface area contributed by atoms with Crippen LogP contribution in [0.25, 0.3) is 54.8 Å². The molecule has 0 unspecified atom stereocenters. The fourth-order valence-corrected chi connectivity index (χ4v) is 7.36. The highest BCUT2D eigenvalue weighted by atomic mass is 15.3. The minimum absolute atomic E-state index is 0.586. The number of pyridine rings is 2. The largest absolute Gasteiger partial charge is 0.279 e. The first-order valence-corrected chi connectivity index (χ1v) is 18.3. The van der Waals surface area contributed by atoms with Gasteiger partial charge in [-0.15, -0.1) is 0 Å². The second kappa shape index (κ2) is 14.2. The highest BCUT2D eigenvalue weighted by molar-refractivity contribution is 6.21. The second-order valence-corrected chi connectivity index (χ2v) is 13.3. The lowest BCUT2D eigenvalue weighted by Crippen LogP contribution is -2.13. The lowest BCUT2D eigenvalue weighted by molar-refractivity contribution is 1.08. The van der Waals surface area contributed by atoms with Gasteiger partial charge in [-0.3, -0.25) is 19.8 Å². The molecule has 0 atom stereocenters. The summed E-state index contributed by atoms with van der Waals surface area (Å²) in [6.07, 6.45) is 11.3. The van der Waals surface area contributed by atoms with Crippen molar-refractivity contribution in [3.63, 3.8) is 0 Å². The summed E-state index contributed by atoms with van der Waals surface area (Å²) in [5, 5.41) is 4.03. The van der Waals surface area contributed by atoms with E-state index < -0.39 is 0 Å². The van der Waals surface area contributed by atoms with Crippen molar-refractivity contribution in [1.29, 1.82) is 0 Å². The van der Waals surface area contributed by atoms with Gasteiger partial charge in [0.05, 0.1) is 11.0 Å². The van der Waals surface area contributed by atoms with Crippen molar-refractivity contribution >= 4 is 67.2 Å². The van der Waals surface area contributed by atoms with Gasteiger partial charge in [0.25, 0.3) is 0 Å². The van der Waals surface area contributed by atoms with Crippen molar-refractivity contribution in [3.8, 4) is 22.3 Å². The minimum atomic E-state index is 0.586. The number of rotatable bonds is 8. The molecule has 0 saturated carbocycles. The van der Waals surface area contributed by atoms with Gasteiger partial charge in [-0.25, -0.2) is 19.9 Å². The lowest BCUT2D eigenvalue weighted by atomic mass is 9.96. The Bertz CT molecular complexity index is 2670. The maximum absolute atomic E-state index is 4.94. The molecular weight excluding hydrogens is 689 g/mol. The van der Waals surface area contributed by atoms with Crippen LogP contribution >= 0.6 is 0 Å². The molecule has 4 heterocycles. The summed E-state index contributed by atoms with van der Waals surface area (Å²) in [5.74, 6) is 1.17. The molecule has 10 aromatic rings. The molecule has 0 radical (unpaired) electrons. The molecule has 0 N–H and O–H groups in total. The van der Waals surface area contributed by atoms with Crippen LogP contribution in [-0.2, 0) is 0 Å². The van der Waals surface area contributed by atoms with E-state index in [1.54, 1.807) is 0 Å². The third kappa shape index (κ3) is 5.91. The Morgan fingerprint density at radius 1 is 0.321 bits per heavy atom. The van der Waals surface area contributed by atoms with Gasteiger partial charge in [0, 0.05) is 87.2 Å². The van der Waals surface area contributed by atoms with E-state index in [1.807, 2.05) is 122 Å². The Morgan fingerprint density at radius 2 is 0.661 bits per heavy atom. The van der Waals surface area contributed by atoms with Crippen molar-refractivity contribution in [2.45, 2.75) is 0 Å². The number of nitrogens with zero attached hydrogens (tertiary/aromatic N) is 8. The number of aromatic nitrogens is 6. The zero-order valence-corrected chi connectivity index (χ0v) is 30.1. The first-order chi connectivity index (χ1) is 27.8. The quantitative estimate of drug-likeness (QED) is 0.143. The van der Waals surface area contributed by atoms with Gasteiger partial charge in [-0.1, -0.05) is 97.1 Å². The normalized spacial score (nSPS) is 11.2. The SMILES string of the molecule is c1ccc(N(c2ccccc2)c2ncc(-c3ccnc4c3ccc3ccc5c(-c6cnc(N(c7ccccc7)c7ccccc7)nc6)ccnc5c34)cn2)cc1. The van der Waals surface area contributed by atoms with Crippen molar-refractivity contribution in [1.82, 2.24) is 29.9 Å². The highest BCUT2D eigenvalue weighted by Gasteiger charge is 2.19. The predicted molar refractivity (Wildman–Crippen MR) is 226 cm³/mol. The van der Waals surface area contributed by atoms with Crippen LogP contribution in [0.1, 0.15) is 0 Å². The van der Waals surface area contributed by atoms with E-state index in [2.05, 4.69) is 82.6 Å². The Hall–Kier alpha value is -7.84. The lowest BCUT2D eigenvalue weighted by Gasteiger charge is -2.23. The molecule has 0 bridgehead atoms. The molecule has 0 aliphatic rings. The molecular formula is C48H32N8. The van der Waals surface area contributed by atoms with E-state index in [-0.39, 0.29) is 0 Å². The number of hydrogen-bond acceptors (Lipinski definition) is 8. The van der Waals surface area contributed by atoms with E-state index in [0.717, 1.165) is 77.6 Å². The van der Waals surface area contributed by atoms with Gasteiger partial charge < -0.3 is 0 Å². The topological polar surface area (TPSA) is 83.8 Å². The van der Waals surface area contributed by atoms with Crippen LogP contribution in [0.3, 0.4) is 0 Å². The average Bonchev–Trinajstić information content (AvgIpc) is 3.28. The molecule has 8 nitrogen and oxygen atoms in total. The first-order valence-electron chi connectivity index (χ1n) is 18.3. The van der Waals surface area contributed by atoms with Gasteiger partial charge in [0.1, 0.15) is 0 Å². The summed E-state index contributed by atoms with van der Waals surface area (Å²) in [7, 11) is 0. The number of para-hydroxylation sites is 4. The molecule has 0 aliphatic carbocycles. The van der Waals surface area contributed by atoms with E-state index in [0.29, 0.717) is 11.9 Å². The van der Waals surface area contributed by atoms with Crippen LogP contribution in [0, 0.1) is 0 Å². The maximum Gasteiger partial charge on any atom is 0.234 e. The minimum Gasteiger partial charge on any atom is -0.279 e. The predicted octanol–water partition coefficient (Wildman–Crippen LogP) is 11.8. The highest BCUT2D eigenvalue weighted by Crippen LogP contribution is 2.39. The van der Waals surface area contributed by atoms with Crippen LogP contribution in [0.4, 0.5) is 34.6 Å². The van der Waals surface area contributed by atoms with E-state index in [1.165, 1.54) is 0 Å². The fraction of sp³-hybridized carbons (Fsp3) is 0. The standard InChI is InChI=1S/C48H32N8/c1-5-13-36(14-6-1)55(37-15-7-2-8-16-37)47-51-29-34(30-52-47)40-25-27-49-45-42(40)23-21-33-22-24-43-41(26-28-50-46(43)44(33)45)35-31-53-48(54-32-35)56(38-17-9-3-10-18-38)39-19-11-4-12-20-39/h1-32H. The van der Waals surface area contributed by atoms with E-state index in [9.17, 15) is 0 Å². The second-order valence-electron chi connectivity index (χ2n) is 13.3. The Morgan fingerprint density at radius 3 is 1.00 bits per heavy atom. The first kappa shape index (κ1) is 32.8. The molecule has 10 rings (SSSR count). The zero-order chi connectivity index (χ0) is 37.3. The van der Waals surface area contributed by atoms with Crippen molar-refractivity contribution < 1.29 is 0 Å². The molecule has 56 heavy (non-hydrogen) atoms. The van der Waals surface area contributed by atoms with Gasteiger partial charge in [0.15, 0.2) is 0 Å². The van der Waals surface area contributed by atoms with Gasteiger partial charge in [-0.05, 0) is 77.2 Å². The summed E-state index contributed by atoms with van der Waals surface area (Å²) in [6.45, 7) is 0. The maximum atomic E-state index is 4.94. The fourth-order valence-electron chi connectivity index (χ4n) is 7.36. The summed E-state index contributed by atoms with van der Waals surface area (Å²) in [6, 6.07) is 53.2. The van der Waals surface area contributed by atoms with Crippen molar-refractivity contribution in [3.05, 3.63) is 195 Å². The molecule has 6 aromatic carbocycles. The summed E-state index contributed by atoms with van der Waals surface area (Å²) in [4.78, 5) is 33.6. The Balaban J connectivity index is 1.04. The Labute approximate surface area is 323 Å². The van der Waals surface area contributed by atoms with Gasteiger partial charge >= 0.3 is 0 Å². The van der Waals surface area contributed by atoms with Crippen LogP contribution < -0.4 is 9.80 Å². The van der Waals surface area contributed by atoms with Crippen LogP contribution in [0.15, 0.2) is 195 Å². The van der Waals surface area contributed by atoms with Crippen molar-refractivity contribution in [2.75, 3.05) is 9.80 Å². The molecule has 264 valence electrons.